The maximum atomic E-state index is 12.4. The highest BCUT2D eigenvalue weighted by Gasteiger charge is 2.26. The van der Waals surface area contributed by atoms with Gasteiger partial charge in [0.25, 0.3) is 5.91 Å². The molecule has 5 nitrogen and oxygen atoms in total. The van der Waals surface area contributed by atoms with Gasteiger partial charge in [-0.2, -0.15) is 5.10 Å². The molecular weight excluding hydrogens is 278 g/mol. The topological polar surface area (TPSA) is 56.1 Å². The number of hydrogen-bond donors (Lipinski definition) is 1. The van der Waals surface area contributed by atoms with Crippen LogP contribution in [0.1, 0.15) is 24.8 Å². The molecule has 0 spiro atoms. The van der Waals surface area contributed by atoms with E-state index in [9.17, 15) is 9.90 Å². The summed E-state index contributed by atoms with van der Waals surface area (Å²) in [5.74, 6) is 0.369. The molecule has 1 aromatic carbocycles. The molecule has 0 aromatic heterocycles. The molecule has 5 heteroatoms. The molecule has 0 bridgehead atoms. The van der Waals surface area contributed by atoms with Gasteiger partial charge in [-0.25, -0.2) is 5.01 Å². The molecule has 1 fully saturated rings. The van der Waals surface area contributed by atoms with Gasteiger partial charge in [0.15, 0.2) is 0 Å². The van der Waals surface area contributed by atoms with Crippen molar-refractivity contribution in [2.45, 2.75) is 19.3 Å². The molecule has 2 heterocycles. The van der Waals surface area contributed by atoms with Gasteiger partial charge in [-0.3, -0.25) is 9.69 Å². The summed E-state index contributed by atoms with van der Waals surface area (Å²) in [6, 6.07) is 10.0. The molecule has 2 aliphatic heterocycles. The molecule has 0 aliphatic carbocycles. The second kappa shape index (κ2) is 7.03. The van der Waals surface area contributed by atoms with Gasteiger partial charge in [-0.1, -0.05) is 30.3 Å². The van der Waals surface area contributed by atoms with Crippen molar-refractivity contribution in [2.24, 2.45) is 11.0 Å². The summed E-state index contributed by atoms with van der Waals surface area (Å²) in [4.78, 5) is 14.5. The molecule has 2 aliphatic rings. The van der Waals surface area contributed by atoms with Gasteiger partial charge in [-0.15, -0.1) is 0 Å². The number of hydrogen-bond acceptors (Lipinski definition) is 4. The van der Waals surface area contributed by atoms with Crippen molar-refractivity contribution in [1.82, 2.24) is 9.91 Å². The lowest BCUT2D eigenvalue weighted by molar-refractivity contribution is -0.132. The largest absolute Gasteiger partial charge is 0.396 e. The van der Waals surface area contributed by atoms with E-state index < -0.39 is 0 Å². The third kappa shape index (κ3) is 3.54. The maximum absolute atomic E-state index is 12.4. The number of hydrazone groups is 1. The summed E-state index contributed by atoms with van der Waals surface area (Å²) >= 11 is 0. The zero-order chi connectivity index (χ0) is 15.4. The van der Waals surface area contributed by atoms with Crippen LogP contribution in [0.4, 0.5) is 0 Å². The number of likely N-dealkylation sites (tertiary alicyclic amines) is 1. The molecule has 1 saturated heterocycles. The number of aliphatic hydroxyl groups excluding tert-OH is 1. The van der Waals surface area contributed by atoms with Crippen LogP contribution in [0.2, 0.25) is 0 Å². The standard InChI is InChI=1S/C17H23N3O2/c21-13-14-5-4-9-19(11-14)12-17(22)20-10-8-16(18-20)15-6-2-1-3-7-15/h1-3,6-7,14,21H,4-5,8-13H2. The van der Waals surface area contributed by atoms with Crippen molar-refractivity contribution in [1.29, 1.82) is 0 Å². The smallest absolute Gasteiger partial charge is 0.256 e. The number of amides is 1. The predicted octanol–water partition coefficient (Wildman–Crippen LogP) is 1.33. The van der Waals surface area contributed by atoms with Gasteiger partial charge < -0.3 is 5.11 Å². The van der Waals surface area contributed by atoms with Crippen molar-refractivity contribution in [3.05, 3.63) is 35.9 Å². The SMILES string of the molecule is O=C(CN1CCCC(CO)C1)N1CCC(c2ccccc2)=N1. The van der Waals surface area contributed by atoms with Gasteiger partial charge in [0.1, 0.15) is 0 Å². The first kappa shape index (κ1) is 15.2. The van der Waals surface area contributed by atoms with Crippen LogP contribution in [-0.2, 0) is 4.79 Å². The summed E-state index contributed by atoms with van der Waals surface area (Å²) < 4.78 is 0. The Hall–Kier alpha value is -1.72. The first-order chi connectivity index (χ1) is 10.8. The first-order valence-corrected chi connectivity index (χ1v) is 8.03. The van der Waals surface area contributed by atoms with Gasteiger partial charge in [0, 0.05) is 19.6 Å². The Bertz CT molecular complexity index is 544. The normalized spacial score (nSPS) is 22.7. The number of rotatable bonds is 4. The lowest BCUT2D eigenvalue weighted by atomic mass is 9.99. The van der Waals surface area contributed by atoms with Crippen molar-refractivity contribution < 1.29 is 9.90 Å². The highest BCUT2D eigenvalue weighted by molar-refractivity contribution is 6.02. The molecule has 1 unspecified atom stereocenters. The molecule has 1 N–H and O–H groups in total. The fraction of sp³-hybridized carbons (Fsp3) is 0.529. The van der Waals surface area contributed by atoms with Gasteiger partial charge >= 0.3 is 0 Å². The van der Waals surface area contributed by atoms with E-state index in [1.807, 2.05) is 30.3 Å². The van der Waals surface area contributed by atoms with E-state index in [2.05, 4.69) is 10.0 Å². The van der Waals surface area contributed by atoms with Crippen LogP contribution >= 0.6 is 0 Å². The Morgan fingerprint density at radius 2 is 2.09 bits per heavy atom. The second-order valence-electron chi connectivity index (χ2n) is 6.11. The number of piperidine rings is 1. The van der Waals surface area contributed by atoms with Crippen molar-refractivity contribution >= 4 is 11.6 Å². The van der Waals surface area contributed by atoms with E-state index >= 15 is 0 Å². The van der Waals surface area contributed by atoms with Crippen LogP contribution in [0.3, 0.4) is 0 Å². The Morgan fingerprint density at radius 1 is 1.27 bits per heavy atom. The Morgan fingerprint density at radius 3 is 2.86 bits per heavy atom. The van der Waals surface area contributed by atoms with Gasteiger partial charge in [-0.05, 0) is 30.9 Å². The third-order valence-corrected chi connectivity index (χ3v) is 4.42. The summed E-state index contributed by atoms with van der Waals surface area (Å²) in [6.07, 6.45) is 2.92. The van der Waals surface area contributed by atoms with E-state index in [-0.39, 0.29) is 12.5 Å². The molecular formula is C17H23N3O2. The Balaban J connectivity index is 1.58. The van der Waals surface area contributed by atoms with E-state index in [4.69, 9.17) is 0 Å². The molecule has 1 amide bonds. The number of benzene rings is 1. The minimum Gasteiger partial charge on any atom is -0.396 e. The van der Waals surface area contributed by atoms with E-state index in [1.54, 1.807) is 5.01 Å². The van der Waals surface area contributed by atoms with Crippen molar-refractivity contribution in [3.8, 4) is 0 Å². The molecule has 3 rings (SSSR count). The fourth-order valence-corrected chi connectivity index (χ4v) is 3.19. The van der Waals surface area contributed by atoms with Crippen LogP contribution in [0.15, 0.2) is 35.4 Å². The molecule has 0 radical (unpaired) electrons. The predicted molar refractivity (Wildman–Crippen MR) is 85.6 cm³/mol. The molecule has 118 valence electrons. The number of carbonyl (C=O) groups excluding carboxylic acids is 1. The Kier molecular flexibility index (Phi) is 4.85. The number of nitrogens with zero attached hydrogens (tertiary/aromatic N) is 3. The average Bonchev–Trinajstić information content (AvgIpc) is 3.06. The van der Waals surface area contributed by atoms with Crippen LogP contribution in [0, 0.1) is 5.92 Å². The zero-order valence-electron chi connectivity index (χ0n) is 12.8. The highest BCUT2D eigenvalue weighted by Crippen LogP contribution is 2.17. The van der Waals surface area contributed by atoms with Crippen LogP contribution in [0.5, 0.6) is 0 Å². The summed E-state index contributed by atoms with van der Waals surface area (Å²) in [7, 11) is 0. The van der Waals surface area contributed by atoms with Gasteiger partial charge in [0.05, 0.1) is 18.8 Å². The van der Waals surface area contributed by atoms with E-state index in [0.717, 1.165) is 43.6 Å². The number of aliphatic hydroxyl groups is 1. The monoisotopic (exact) mass is 301 g/mol. The average molecular weight is 301 g/mol. The third-order valence-electron chi connectivity index (χ3n) is 4.42. The summed E-state index contributed by atoms with van der Waals surface area (Å²) in [5.41, 5.74) is 2.08. The van der Waals surface area contributed by atoms with Gasteiger partial charge in [0.2, 0.25) is 0 Å². The lowest BCUT2D eigenvalue weighted by Gasteiger charge is -2.31. The second-order valence-corrected chi connectivity index (χ2v) is 6.11. The van der Waals surface area contributed by atoms with Crippen LogP contribution in [0.25, 0.3) is 0 Å². The van der Waals surface area contributed by atoms with E-state index in [0.29, 0.717) is 19.0 Å². The number of carbonyl (C=O) groups is 1. The van der Waals surface area contributed by atoms with Crippen molar-refractivity contribution in [3.63, 3.8) is 0 Å². The summed E-state index contributed by atoms with van der Waals surface area (Å²) in [5, 5.41) is 15.4. The molecule has 0 saturated carbocycles. The highest BCUT2D eigenvalue weighted by atomic mass is 16.3. The lowest BCUT2D eigenvalue weighted by Crippen LogP contribution is -2.43. The van der Waals surface area contributed by atoms with Crippen LogP contribution in [-0.4, -0.2) is 59.4 Å². The minimum atomic E-state index is 0.0597. The maximum Gasteiger partial charge on any atom is 0.256 e. The minimum absolute atomic E-state index is 0.0597. The fourth-order valence-electron chi connectivity index (χ4n) is 3.19. The first-order valence-electron chi connectivity index (χ1n) is 8.03. The van der Waals surface area contributed by atoms with E-state index in [1.165, 1.54) is 0 Å². The van der Waals surface area contributed by atoms with Crippen molar-refractivity contribution in [2.75, 3.05) is 32.8 Å². The molecule has 1 atom stereocenters. The Labute approximate surface area is 131 Å². The zero-order valence-corrected chi connectivity index (χ0v) is 12.8. The summed E-state index contributed by atoms with van der Waals surface area (Å²) in [6.45, 7) is 3.03. The van der Waals surface area contributed by atoms with Crippen LogP contribution < -0.4 is 0 Å². The quantitative estimate of drug-likeness (QED) is 0.913. The molecule has 22 heavy (non-hydrogen) atoms. The molecule has 1 aromatic rings.